The number of hydrogen-bond acceptors (Lipinski definition) is 9. The van der Waals surface area contributed by atoms with Gasteiger partial charge < -0.3 is 37.2 Å². The van der Waals surface area contributed by atoms with Crippen LogP contribution in [0.3, 0.4) is 0 Å². The zero-order chi connectivity index (χ0) is 24.7. The molecule has 0 radical (unpaired) electrons. The van der Waals surface area contributed by atoms with Gasteiger partial charge in [-0.15, -0.1) is 0 Å². The van der Waals surface area contributed by atoms with Crippen LogP contribution in [0.25, 0.3) is 0 Å². The lowest BCUT2D eigenvalue weighted by molar-refractivity contribution is -0.145. The maximum Gasteiger partial charge on any atom is 0.255 e. The number of allylic oxidation sites excluding steroid dienone is 1. The maximum atomic E-state index is 15.6. The van der Waals surface area contributed by atoms with E-state index in [4.69, 9.17) is 11.5 Å². The minimum absolute atomic E-state index is 0.0195. The van der Waals surface area contributed by atoms with Gasteiger partial charge in [0.05, 0.1) is 11.6 Å². The van der Waals surface area contributed by atoms with Crippen molar-refractivity contribution in [1.29, 1.82) is 0 Å². The van der Waals surface area contributed by atoms with E-state index in [0.29, 0.717) is 13.0 Å². The number of aliphatic hydroxyl groups excluding tert-OH is 2. The largest absolute Gasteiger partial charge is 0.510 e. The molecule has 34 heavy (non-hydrogen) atoms. The molecule has 5 rings (SSSR count). The third-order valence-corrected chi connectivity index (χ3v) is 7.65. The van der Waals surface area contributed by atoms with E-state index in [1.165, 1.54) is 6.07 Å². The van der Waals surface area contributed by atoms with E-state index >= 15 is 4.39 Å². The van der Waals surface area contributed by atoms with Crippen molar-refractivity contribution in [1.82, 2.24) is 5.32 Å². The first-order chi connectivity index (χ1) is 16.0. The number of phenolic OH excluding ortho intramolecular Hbond substituents is 1. The van der Waals surface area contributed by atoms with Crippen LogP contribution >= 0.6 is 0 Å². The van der Waals surface area contributed by atoms with Gasteiger partial charge in [-0.05, 0) is 44.2 Å². The van der Waals surface area contributed by atoms with E-state index in [1.807, 2.05) is 0 Å². The van der Waals surface area contributed by atoms with Crippen molar-refractivity contribution in [3.63, 3.8) is 0 Å². The Balaban J connectivity index is 1.67. The molecule has 1 aromatic carbocycles. The number of amides is 1. The first kappa shape index (κ1) is 22.5. The lowest BCUT2D eigenvalue weighted by Crippen LogP contribution is -2.63. The van der Waals surface area contributed by atoms with E-state index in [2.05, 4.69) is 5.32 Å². The molecular weight excluding hydrogens is 449 g/mol. The molecule has 1 aromatic rings. The number of phenols is 1. The summed E-state index contributed by atoms with van der Waals surface area (Å²) in [7, 11) is 0. The van der Waals surface area contributed by atoms with Crippen LogP contribution in [0.2, 0.25) is 0 Å². The van der Waals surface area contributed by atoms with E-state index in [0.717, 1.165) is 6.42 Å². The fourth-order valence-corrected chi connectivity index (χ4v) is 5.98. The zero-order valence-electron chi connectivity index (χ0n) is 18.0. The number of ketones is 2. The molecule has 1 amide bonds. The zero-order valence-corrected chi connectivity index (χ0v) is 18.0. The van der Waals surface area contributed by atoms with Crippen LogP contribution in [0.15, 0.2) is 28.7 Å². The smallest absolute Gasteiger partial charge is 0.255 e. The van der Waals surface area contributed by atoms with E-state index in [1.54, 1.807) is 0 Å². The summed E-state index contributed by atoms with van der Waals surface area (Å²) < 4.78 is 15.6. The third-order valence-electron chi connectivity index (χ3n) is 7.65. The van der Waals surface area contributed by atoms with Gasteiger partial charge in [-0.3, -0.25) is 14.4 Å². The van der Waals surface area contributed by atoms with Crippen LogP contribution in [0.1, 0.15) is 46.8 Å². The van der Waals surface area contributed by atoms with Crippen LogP contribution in [0, 0.1) is 17.7 Å². The van der Waals surface area contributed by atoms with Crippen LogP contribution in [-0.2, 0) is 16.0 Å². The Morgan fingerprint density at radius 3 is 2.56 bits per heavy atom. The molecule has 1 fully saturated rings. The topological polar surface area (TPSA) is 196 Å². The van der Waals surface area contributed by atoms with Gasteiger partial charge in [0.15, 0.2) is 11.4 Å². The van der Waals surface area contributed by atoms with Crippen molar-refractivity contribution in [2.75, 3.05) is 6.54 Å². The van der Waals surface area contributed by atoms with Gasteiger partial charge in [0.2, 0.25) is 5.78 Å². The molecule has 0 bridgehead atoms. The normalized spacial score (nSPS) is 33.0. The highest BCUT2D eigenvalue weighted by molar-refractivity contribution is 6.24. The number of fused-ring (bicyclic) bond motifs is 3. The van der Waals surface area contributed by atoms with Gasteiger partial charge in [-0.25, -0.2) is 4.39 Å². The average Bonchev–Trinajstić information content (AvgIpc) is 3.31. The highest BCUT2D eigenvalue weighted by atomic mass is 19.1. The Bertz CT molecular complexity index is 1230. The molecule has 9 N–H and O–H groups in total. The molecule has 1 heterocycles. The van der Waals surface area contributed by atoms with Gasteiger partial charge in [0.25, 0.3) is 5.91 Å². The highest BCUT2D eigenvalue weighted by Crippen LogP contribution is 2.51. The standard InChI is InChI=1S/C23H24FN3O7/c24-16-8(11-2-1-3-27-11)6-12(28)14-9(16)4-7-5-10-17(25)19(30)15(22(26)33)21(32)23(10,34)20(31)13(7)18(14)29/h6-7,10-11,17,27-28,30-31,34H,1-5,25H2,(H2,26,33)/t7-,10-,11?,17-,23-/m0/s1. The Morgan fingerprint density at radius 2 is 1.94 bits per heavy atom. The minimum Gasteiger partial charge on any atom is -0.510 e. The number of nitrogens with one attached hydrogen (secondary N) is 1. The second-order valence-corrected chi connectivity index (χ2v) is 9.38. The van der Waals surface area contributed by atoms with Crippen molar-refractivity contribution in [2.24, 2.45) is 23.3 Å². The molecule has 5 atom stereocenters. The van der Waals surface area contributed by atoms with E-state index in [-0.39, 0.29) is 41.1 Å². The Morgan fingerprint density at radius 1 is 1.24 bits per heavy atom. The molecule has 11 heteroatoms. The molecule has 180 valence electrons. The lowest BCUT2D eigenvalue weighted by Gasteiger charge is -2.47. The molecule has 10 nitrogen and oxygen atoms in total. The number of benzene rings is 1. The molecule has 1 unspecified atom stereocenters. The SMILES string of the molecule is NC(=O)C1=C(O)[C@@H](N)[C@@H]2C[C@@H]3Cc4c(F)c(C5CCCN5)cc(O)c4C(=O)C3=C(O)[C@]2(O)C1=O. The Kier molecular flexibility index (Phi) is 4.87. The summed E-state index contributed by atoms with van der Waals surface area (Å²) in [4.78, 5) is 38.1. The summed E-state index contributed by atoms with van der Waals surface area (Å²) in [5.41, 5.74) is 6.96. The summed E-state index contributed by atoms with van der Waals surface area (Å²) in [5, 5.41) is 46.4. The van der Waals surface area contributed by atoms with Crippen molar-refractivity contribution >= 4 is 17.5 Å². The van der Waals surface area contributed by atoms with Crippen molar-refractivity contribution < 1.29 is 39.2 Å². The van der Waals surface area contributed by atoms with Crippen LogP contribution < -0.4 is 16.8 Å². The number of aromatic hydroxyl groups is 1. The van der Waals surface area contributed by atoms with Crippen LogP contribution in [-0.4, -0.2) is 56.1 Å². The number of primary amides is 1. The van der Waals surface area contributed by atoms with Gasteiger partial charge in [-0.1, -0.05) is 0 Å². The number of halogens is 1. The number of carbonyl (C=O) groups excluding carboxylic acids is 3. The minimum atomic E-state index is -2.78. The fourth-order valence-electron chi connectivity index (χ4n) is 5.98. The average molecular weight is 473 g/mol. The molecule has 0 aromatic heterocycles. The summed E-state index contributed by atoms with van der Waals surface area (Å²) in [6.07, 6.45) is 1.22. The van der Waals surface area contributed by atoms with Gasteiger partial charge in [-0.2, -0.15) is 0 Å². The van der Waals surface area contributed by atoms with Crippen molar-refractivity contribution in [2.45, 2.75) is 43.4 Å². The molecule has 3 aliphatic carbocycles. The van der Waals surface area contributed by atoms with Crippen molar-refractivity contribution in [3.05, 3.63) is 51.2 Å². The summed E-state index contributed by atoms with van der Waals surface area (Å²) >= 11 is 0. The Labute approximate surface area is 192 Å². The monoisotopic (exact) mass is 473 g/mol. The first-order valence-electron chi connectivity index (χ1n) is 11.0. The van der Waals surface area contributed by atoms with E-state index < -0.39 is 69.6 Å². The molecule has 1 aliphatic heterocycles. The van der Waals surface area contributed by atoms with Crippen LogP contribution in [0.5, 0.6) is 5.75 Å². The second kappa shape index (κ2) is 7.36. The van der Waals surface area contributed by atoms with Crippen molar-refractivity contribution in [3.8, 4) is 5.75 Å². The molecule has 4 aliphatic rings. The lowest BCUT2D eigenvalue weighted by atomic mass is 9.59. The number of rotatable bonds is 2. The first-order valence-corrected chi connectivity index (χ1v) is 11.0. The number of carbonyl (C=O) groups is 3. The predicted octanol–water partition coefficient (Wildman–Crippen LogP) is 0.0813. The summed E-state index contributed by atoms with van der Waals surface area (Å²) in [6.45, 7) is 0.695. The van der Waals surface area contributed by atoms with Gasteiger partial charge in [0, 0.05) is 28.7 Å². The quantitative estimate of drug-likeness (QED) is 0.291. The number of aliphatic hydroxyl groups is 3. The molecular formula is C23H24FN3O7. The highest BCUT2D eigenvalue weighted by Gasteiger charge is 2.62. The van der Waals surface area contributed by atoms with E-state index in [9.17, 15) is 34.8 Å². The molecule has 0 spiro atoms. The number of nitrogens with two attached hydrogens (primary N) is 2. The number of hydrogen-bond donors (Lipinski definition) is 7. The number of Topliss-reactive ketones (excluding diaryl/α,β-unsaturated/α-hetero) is 2. The summed E-state index contributed by atoms with van der Waals surface area (Å²) in [5.74, 6) is -8.76. The predicted molar refractivity (Wildman–Crippen MR) is 114 cm³/mol. The third kappa shape index (κ3) is 2.74. The van der Waals surface area contributed by atoms with Gasteiger partial charge >= 0.3 is 0 Å². The van der Waals surface area contributed by atoms with Crippen LogP contribution in [0.4, 0.5) is 4.39 Å². The molecule has 1 saturated heterocycles. The molecule has 0 saturated carbocycles. The second-order valence-electron chi connectivity index (χ2n) is 9.38. The van der Waals surface area contributed by atoms with Gasteiger partial charge in [0.1, 0.15) is 28.7 Å². The summed E-state index contributed by atoms with van der Waals surface area (Å²) in [6, 6.07) is -0.578. The maximum absolute atomic E-state index is 15.6. The Hall–Kier alpha value is -3.28. The fraction of sp³-hybridized carbons (Fsp3) is 0.435.